The van der Waals surface area contributed by atoms with E-state index in [9.17, 15) is 4.79 Å². The molecule has 1 unspecified atom stereocenters. The van der Waals surface area contributed by atoms with Crippen molar-refractivity contribution in [1.82, 2.24) is 5.32 Å². The second kappa shape index (κ2) is 5.85. The molecular formula is C13H15Cl2NO. The molecule has 0 radical (unpaired) electrons. The summed E-state index contributed by atoms with van der Waals surface area (Å²) in [6, 6.07) is 5.33. The van der Waals surface area contributed by atoms with Gasteiger partial charge in [-0.3, -0.25) is 4.79 Å². The molecule has 17 heavy (non-hydrogen) atoms. The Kier molecular flexibility index (Phi) is 4.43. The van der Waals surface area contributed by atoms with Crippen molar-refractivity contribution in [2.75, 3.05) is 13.1 Å². The van der Waals surface area contributed by atoms with Crippen LogP contribution in [0.25, 0.3) is 0 Å². The third-order valence-electron chi connectivity index (χ3n) is 3.11. The third-order valence-corrected chi connectivity index (χ3v) is 3.82. The topological polar surface area (TPSA) is 29.1 Å². The zero-order chi connectivity index (χ0) is 12.3. The number of benzene rings is 1. The molecule has 0 saturated carbocycles. The first-order valence-corrected chi connectivity index (χ1v) is 6.57. The maximum Gasteiger partial charge on any atom is 0.137 e. The Balaban J connectivity index is 1.97. The fraction of sp³-hybridized carbons (Fsp3) is 0.462. The summed E-state index contributed by atoms with van der Waals surface area (Å²) in [6.07, 6.45) is 2.05. The van der Waals surface area contributed by atoms with Crippen molar-refractivity contribution in [1.29, 1.82) is 0 Å². The first-order valence-electron chi connectivity index (χ1n) is 5.82. The van der Waals surface area contributed by atoms with Crippen LogP contribution in [0.5, 0.6) is 0 Å². The molecule has 1 saturated heterocycles. The van der Waals surface area contributed by atoms with Gasteiger partial charge in [0, 0.05) is 22.9 Å². The second-order valence-electron chi connectivity index (χ2n) is 4.48. The first kappa shape index (κ1) is 12.9. The number of nitrogens with one attached hydrogen (secondary N) is 1. The van der Waals surface area contributed by atoms with E-state index in [1.807, 2.05) is 0 Å². The molecule has 1 heterocycles. The maximum absolute atomic E-state index is 11.9. The summed E-state index contributed by atoms with van der Waals surface area (Å²) in [7, 11) is 0. The zero-order valence-electron chi connectivity index (χ0n) is 9.51. The Morgan fingerprint density at radius 3 is 2.65 bits per heavy atom. The molecule has 2 rings (SSSR count). The predicted octanol–water partition coefficient (Wildman–Crippen LogP) is 3.10. The fourth-order valence-electron chi connectivity index (χ4n) is 2.18. The van der Waals surface area contributed by atoms with Crippen molar-refractivity contribution in [3.8, 4) is 0 Å². The number of carbonyl (C=O) groups excluding carboxylic acids is 1. The molecule has 92 valence electrons. The predicted molar refractivity (Wildman–Crippen MR) is 70.8 cm³/mol. The molecule has 0 spiro atoms. The highest BCUT2D eigenvalue weighted by molar-refractivity contribution is 6.36. The minimum Gasteiger partial charge on any atom is -0.316 e. The van der Waals surface area contributed by atoms with Crippen molar-refractivity contribution in [3.05, 3.63) is 33.8 Å². The average Bonchev–Trinajstić information content (AvgIpc) is 2.76. The van der Waals surface area contributed by atoms with Gasteiger partial charge in [-0.2, -0.15) is 0 Å². The molecule has 1 atom stereocenters. The maximum atomic E-state index is 11.9. The molecule has 0 bridgehead atoms. The van der Waals surface area contributed by atoms with Crippen LogP contribution in [-0.2, 0) is 11.2 Å². The van der Waals surface area contributed by atoms with Gasteiger partial charge in [0.15, 0.2) is 0 Å². The Labute approximate surface area is 111 Å². The minimum absolute atomic E-state index is 0.216. The molecule has 4 heteroatoms. The van der Waals surface area contributed by atoms with Gasteiger partial charge in [0.25, 0.3) is 0 Å². The van der Waals surface area contributed by atoms with E-state index in [-0.39, 0.29) is 5.78 Å². The smallest absolute Gasteiger partial charge is 0.137 e. The highest BCUT2D eigenvalue weighted by Gasteiger charge is 2.19. The van der Waals surface area contributed by atoms with Crippen molar-refractivity contribution in [3.63, 3.8) is 0 Å². The van der Waals surface area contributed by atoms with Gasteiger partial charge in [0.05, 0.1) is 0 Å². The number of hydrogen-bond donors (Lipinski definition) is 1. The quantitative estimate of drug-likeness (QED) is 0.912. The molecule has 1 aromatic carbocycles. The van der Waals surface area contributed by atoms with Crippen LogP contribution in [0.1, 0.15) is 18.4 Å². The van der Waals surface area contributed by atoms with Gasteiger partial charge in [-0.25, -0.2) is 0 Å². The van der Waals surface area contributed by atoms with E-state index in [2.05, 4.69) is 5.32 Å². The summed E-state index contributed by atoms with van der Waals surface area (Å²) in [5.41, 5.74) is 0.756. The number of rotatable bonds is 4. The number of ketones is 1. The largest absolute Gasteiger partial charge is 0.316 e. The number of hydrogen-bond acceptors (Lipinski definition) is 2. The second-order valence-corrected chi connectivity index (χ2v) is 5.29. The molecule has 1 N–H and O–H groups in total. The van der Waals surface area contributed by atoms with Crippen LogP contribution in [0.3, 0.4) is 0 Å². The lowest BCUT2D eigenvalue weighted by Crippen LogP contribution is -2.14. The van der Waals surface area contributed by atoms with Gasteiger partial charge in [0.2, 0.25) is 0 Å². The number of halogens is 2. The summed E-state index contributed by atoms with van der Waals surface area (Å²) >= 11 is 12.1. The molecule has 1 aliphatic heterocycles. The van der Waals surface area contributed by atoms with E-state index in [1.165, 1.54) is 0 Å². The van der Waals surface area contributed by atoms with Crippen LogP contribution >= 0.6 is 23.2 Å². The lowest BCUT2D eigenvalue weighted by molar-refractivity contribution is -0.119. The van der Waals surface area contributed by atoms with Gasteiger partial charge in [0.1, 0.15) is 5.78 Å². The summed E-state index contributed by atoms with van der Waals surface area (Å²) < 4.78 is 0. The highest BCUT2D eigenvalue weighted by atomic mass is 35.5. The molecule has 0 amide bonds. The molecule has 1 aliphatic rings. The monoisotopic (exact) mass is 271 g/mol. The standard InChI is InChI=1S/C13H15Cl2NO/c14-12-2-1-3-13(15)11(12)7-10(17)6-9-4-5-16-8-9/h1-3,9,16H,4-8H2. The summed E-state index contributed by atoms with van der Waals surface area (Å²) in [5, 5.41) is 4.42. The van der Waals surface area contributed by atoms with Gasteiger partial charge >= 0.3 is 0 Å². The summed E-state index contributed by atoms with van der Waals surface area (Å²) in [6.45, 7) is 1.97. The van der Waals surface area contributed by atoms with E-state index in [0.29, 0.717) is 28.8 Å². The minimum atomic E-state index is 0.216. The van der Waals surface area contributed by atoms with E-state index in [4.69, 9.17) is 23.2 Å². The average molecular weight is 272 g/mol. The van der Waals surface area contributed by atoms with Crippen LogP contribution in [0, 0.1) is 5.92 Å². The highest BCUT2D eigenvalue weighted by Crippen LogP contribution is 2.26. The van der Waals surface area contributed by atoms with Crippen molar-refractivity contribution in [2.45, 2.75) is 19.3 Å². The summed E-state index contributed by atoms with van der Waals surface area (Å²) in [5.74, 6) is 0.692. The van der Waals surface area contributed by atoms with Gasteiger partial charge in [-0.1, -0.05) is 29.3 Å². The molecular weight excluding hydrogens is 257 g/mol. The lowest BCUT2D eigenvalue weighted by Gasteiger charge is -2.09. The van der Waals surface area contributed by atoms with Crippen LogP contribution < -0.4 is 5.32 Å². The van der Waals surface area contributed by atoms with E-state index >= 15 is 0 Å². The molecule has 1 fully saturated rings. The van der Waals surface area contributed by atoms with E-state index in [0.717, 1.165) is 25.1 Å². The fourth-order valence-corrected chi connectivity index (χ4v) is 2.71. The van der Waals surface area contributed by atoms with Crippen molar-refractivity contribution in [2.24, 2.45) is 5.92 Å². The normalized spacial score (nSPS) is 19.5. The Bertz CT molecular complexity index is 394. The van der Waals surface area contributed by atoms with Crippen molar-refractivity contribution < 1.29 is 4.79 Å². The Morgan fingerprint density at radius 1 is 1.35 bits per heavy atom. The molecule has 1 aromatic rings. The first-order chi connectivity index (χ1) is 8.16. The Morgan fingerprint density at radius 2 is 2.06 bits per heavy atom. The van der Waals surface area contributed by atoms with Gasteiger partial charge < -0.3 is 5.32 Å². The van der Waals surface area contributed by atoms with E-state index < -0.39 is 0 Å². The Hall–Kier alpha value is -0.570. The van der Waals surface area contributed by atoms with Crippen LogP contribution in [-0.4, -0.2) is 18.9 Å². The van der Waals surface area contributed by atoms with Gasteiger partial charge in [-0.15, -0.1) is 0 Å². The zero-order valence-corrected chi connectivity index (χ0v) is 11.0. The van der Waals surface area contributed by atoms with Gasteiger partial charge in [-0.05, 0) is 43.1 Å². The van der Waals surface area contributed by atoms with Crippen molar-refractivity contribution >= 4 is 29.0 Å². The third kappa shape index (κ3) is 3.44. The molecule has 0 aliphatic carbocycles. The lowest BCUT2D eigenvalue weighted by atomic mass is 9.98. The molecule has 2 nitrogen and oxygen atoms in total. The SMILES string of the molecule is O=C(Cc1c(Cl)cccc1Cl)CC1CCNC1. The van der Waals surface area contributed by atoms with E-state index in [1.54, 1.807) is 18.2 Å². The summed E-state index contributed by atoms with van der Waals surface area (Å²) in [4.78, 5) is 11.9. The molecule has 0 aromatic heterocycles. The van der Waals surface area contributed by atoms with Crippen LogP contribution in [0.4, 0.5) is 0 Å². The number of carbonyl (C=O) groups is 1. The van der Waals surface area contributed by atoms with Crippen LogP contribution in [0.2, 0.25) is 10.0 Å². The van der Waals surface area contributed by atoms with Crippen LogP contribution in [0.15, 0.2) is 18.2 Å². The number of Topliss-reactive ketones (excluding diaryl/α,β-unsaturated/α-hetero) is 1.